The van der Waals surface area contributed by atoms with Crippen molar-refractivity contribution in [3.63, 3.8) is 0 Å². The monoisotopic (exact) mass is 406 g/mol. The van der Waals surface area contributed by atoms with E-state index in [1.54, 1.807) is 49.4 Å². The van der Waals surface area contributed by atoms with Crippen LogP contribution in [0.5, 0.6) is 5.75 Å². The van der Waals surface area contributed by atoms with E-state index in [-0.39, 0.29) is 13.0 Å². The number of esters is 1. The van der Waals surface area contributed by atoms with Gasteiger partial charge in [0.05, 0.1) is 25.6 Å². The van der Waals surface area contributed by atoms with Crippen molar-refractivity contribution in [3.8, 4) is 5.75 Å². The summed E-state index contributed by atoms with van der Waals surface area (Å²) in [6.45, 7) is 2.73. The number of carbonyl (C=O) groups excluding carboxylic acids is 1. The van der Waals surface area contributed by atoms with Gasteiger partial charge in [0.25, 0.3) is 5.92 Å². The highest BCUT2D eigenvalue weighted by Gasteiger charge is 2.69. The average molecular weight is 406 g/mol. The van der Waals surface area contributed by atoms with Gasteiger partial charge in [-0.3, -0.25) is 9.79 Å². The third kappa shape index (κ3) is 5.13. The number of halogens is 2. The van der Waals surface area contributed by atoms with Crippen LogP contribution in [0.25, 0.3) is 0 Å². The van der Waals surface area contributed by atoms with Crippen LogP contribution in [0, 0.1) is 5.92 Å². The van der Waals surface area contributed by atoms with Crippen LogP contribution >= 0.6 is 0 Å². The molecule has 156 valence electrons. The van der Waals surface area contributed by atoms with Crippen molar-refractivity contribution in [1.82, 2.24) is 4.73 Å². The molecule has 1 saturated carbocycles. The Morgan fingerprint density at radius 3 is 2.69 bits per heavy atom. The molecule has 0 bridgehead atoms. The highest BCUT2D eigenvalue weighted by Crippen LogP contribution is 2.63. The van der Waals surface area contributed by atoms with Gasteiger partial charge in [0.1, 0.15) is 5.75 Å². The zero-order valence-electron chi connectivity index (χ0n) is 16.1. The summed E-state index contributed by atoms with van der Waals surface area (Å²) >= 11 is 0. The number of hydrogen-bond donors (Lipinski definition) is 1. The van der Waals surface area contributed by atoms with Crippen LogP contribution in [0.2, 0.25) is 0 Å². The molecule has 2 atom stereocenters. The summed E-state index contributed by atoms with van der Waals surface area (Å²) < 4.78 is 39.4. The summed E-state index contributed by atoms with van der Waals surface area (Å²) in [5.74, 6) is -4.88. The normalized spacial score (nSPS) is 20.3. The second-order valence-corrected chi connectivity index (χ2v) is 6.82. The number of carbonyl (C=O) groups is 1. The zero-order chi connectivity index (χ0) is 20.9. The van der Waals surface area contributed by atoms with E-state index in [0.29, 0.717) is 36.4 Å². The second kappa shape index (κ2) is 9.07. The van der Waals surface area contributed by atoms with E-state index in [9.17, 15) is 18.8 Å². The summed E-state index contributed by atoms with van der Waals surface area (Å²) in [6.07, 6.45) is 1.86. The SMILES string of the molecule is CCOC(=O)CC1C(c2ccc(OCCCN=c3ccccn3O)cc2)C1(F)F. The lowest BCUT2D eigenvalue weighted by Gasteiger charge is -2.06. The van der Waals surface area contributed by atoms with E-state index in [0.717, 1.165) is 4.73 Å². The van der Waals surface area contributed by atoms with Crippen molar-refractivity contribution in [2.75, 3.05) is 19.8 Å². The number of hydrogen-bond acceptors (Lipinski definition) is 5. The van der Waals surface area contributed by atoms with Gasteiger partial charge in [0.15, 0.2) is 5.49 Å². The molecule has 1 heterocycles. The summed E-state index contributed by atoms with van der Waals surface area (Å²) in [5.41, 5.74) is 0.947. The lowest BCUT2D eigenvalue weighted by atomic mass is 10.1. The number of aromatic nitrogens is 1. The summed E-state index contributed by atoms with van der Waals surface area (Å²) in [6, 6.07) is 11.7. The van der Waals surface area contributed by atoms with Gasteiger partial charge in [0, 0.05) is 25.1 Å². The number of alkyl halides is 2. The van der Waals surface area contributed by atoms with Crippen molar-refractivity contribution < 1.29 is 28.3 Å². The van der Waals surface area contributed by atoms with Gasteiger partial charge in [-0.15, -0.1) is 0 Å². The fourth-order valence-corrected chi connectivity index (χ4v) is 3.27. The standard InChI is InChI=1S/C21H24F2N2O4/c1-2-28-19(26)14-17-20(21(17,22)23)15-7-9-16(10-8-15)29-13-5-11-24-18-6-3-4-12-25(18)27/h3-4,6-10,12,17,20,27H,2,5,11,13-14H2,1H3. The van der Waals surface area contributed by atoms with Crippen LogP contribution in [0.15, 0.2) is 53.7 Å². The number of nitrogens with zero attached hydrogens (tertiary/aromatic N) is 2. The van der Waals surface area contributed by atoms with Crippen molar-refractivity contribution in [1.29, 1.82) is 0 Å². The predicted molar refractivity (Wildman–Crippen MR) is 101 cm³/mol. The number of benzene rings is 1. The van der Waals surface area contributed by atoms with Crippen LogP contribution < -0.4 is 10.2 Å². The quantitative estimate of drug-likeness (QED) is 0.394. The lowest BCUT2D eigenvalue weighted by molar-refractivity contribution is -0.144. The van der Waals surface area contributed by atoms with E-state index >= 15 is 0 Å². The minimum Gasteiger partial charge on any atom is -0.494 e. The maximum Gasteiger partial charge on any atom is 0.306 e. The van der Waals surface area contributed by atoms with E-state index in [1.165, 1.54) is 6.20 Å². The molecule has 0 saturated heterocycles. The number of rotatable bonds is 9. The molecule has 1 aromatic heterocycles. The molecular formula is C21H24F2N2O4. The van der Waals surface area contributed by atoms with Crippen molar-refractivity contribution in [2.45, 2.75) is 31.6 Å². The number of ether oxygens (including phenoxy) is 2. The Hall–Kier alpha value is -2.90. The largest absolute Gasteiger partial charge is 0.494 e. The Morgan fingerprint density at radius 1 is 1.24 bits per heavy atom. The van der Waals surface area contributed by atoms with Gasteiger partial charge >= 0.3 is 5.97 Å². The molecular weight excluding hydrogens is 382 g/mol. The molecule has 0 amide bonds. The first-order chi connectivity index (χ1) is 13.9. The Bertz CT molecular complexity index is 896. The van der Waals surface area contributed by atoms with Gasteiger partial charge in [0.2, 0.25) is 0 Å². The van der Waals surface area contributed by atoms with Crippen LogP contribution in [-0.4, -0.2) is 41.6 Å². The average Bonchev–Trinajstić information content (AvgIpc) is 3.23. The minimum atomic E-state index is -2.89. The molecule has 8 heteroatoms. The Morgan fingerprint density at radius 2 is 2.00 bits per heavy atom. The Labute approximate surface area is 167 Å². The zero-order valence-corrected chi connectivity index (χ0v) is 16.1. The van der Waals surface area contributed by atoms with Crippen molar-refractivity contribution in [3.05, 3.63) is 59.7 Å². The molecule has 1 aliphatic carbocycles. The third-order valence-corrected chi connectivity index (χ3v) is 4.80. The highest BCUT2D eigenvalue weighted by atomic mass is 19.3. The van der Waals surface area contributed by atoms with Gasteiger partial charge in [-0.2, -0.15) is 4.73 Å². The highest BCUT2D eigenvalue weighted by molar-refractivity contribution is 5.71. The predicted octanol–water partition coefficient (Wildman–Crippen LogP) is 3.40. The topological polar surface area (TPSA) is 73.0 Å². The first-order valence-electron chi connectivity index (χ1n) is 9.57. The van der Waals surface area contributed by atoms with Crippen molar-refractivity contribution in [2.24, 2.45) is 10.9 Å². The molecule has 0 radical (unpaired) electrons. The van der Waals surface area contributed by atoms with E-state index < -0.39 is 23.7 Å². The van der Waals surface area contributed by atoms with Gasteiger partial charge in [-0.1, -0.05) is 18.2 Å². The van der Waals surface area contributed by atoms with Gasteiger partial charge in [-0.05, 0) is 36.8 Å². The second-order valence-electron chi connectivity index (χ2n) is 6.82. The van der Waals surface area contributed by atoms with E-state index in [1.807, 2.05) is 0 Å². The smallest absolute Gasteiger partial charge is 0.306 e. The molecule has 0 spiro atoms. The molecule has 1 aliphatic rings. The summed E-state index contributed by atoms with van der Waals surface area (Å²) in [7, 11) is 0. The third-order valence-electron chi connectivity index (χ3n) is 4.80. The fourth-order valence-electron chi connectivity index (χ4n) is 3.27. The van der Waals surface area contributed by atoms with Crippen LogP contribution in [0.1, 0.15) is 31.2 Å². The van der Waals surface area contributed by atoms with E-state index in [4.69, 9.17) is 9.47 Å². The minimum absolute atomic E-state index is 0.187. The van der Waals surface area contributed by atoms with Crippen LogP contribution in [0.4, 0.5) is 8.78 Å². The van der Waals surface area contributed by atoms with E-state index in [2.05, 4.69) is 4.99 Å². The maximum absolute atomic E-state index is 14.0. The molecule has 1 aromatic carbocycles. The number of pyridine rings is 1. The van der Waals surface area contributed by atoms with Crippen molar-refractivity contribution >= 4 is 5.97 Å². The lowest BCUT2D eigenvalue weighted by Crippen LogP contribution is -2.17. The first-order valence-corrected chi connectivity index (χ1v) is 9.57. The Balaban J connectivity index is 1.47. The molecule has 6 nitrogen and oxygen atoms in total. The van der Waals surface area contributed by atoms with Crippen LogP contribution in [-0.2, 0) is 9.53 Å². The molecule has 1 fully saturated rings. The summed E-state index contributed by atoms with van der Waals surface area (Å²) in [5, 5.41) is 9.56. The molecule has 0 aliphatic heterocycles. The van der Waals surface area contributed by atoms with Gasteiger partial charge < -0.3 is 14.7 Å². The maximum atomic E-state index is 14.0. The molecule has 2 aromatic rings. The van der Waals surface area contributed by atoms with Gasteiger partial charge in [-0.25, -0.2) is 8.78 Å². The molecule has 29 heavy (non-hydrogen) atoms. The fraction of sp³-hybridized carbons (Fsp3) is 0.429. The summed E-state index contributed by atoms with van der Waals surface area (Å²) in [4.78, 5) is 15.7. The first kappa shape index (κ1) is 20.8. The Kier molecular flexibility index (Phi) is 6.51. The molecule has 2 unspecified atom stereocenters. The molecule has 1 N–H and O–H groups in total. The molecule has 3 rings (SSSR count). The van der Waals surface area contributed by atoms with Crippen LogP contribution in [0.3, 0.4) is 0 Å².